The van der Waals surface area contributed by atoms with Gasteiger partial charge in [0.15, 0.2) is 0 Å². The predicted octanol–water partition coefficient (Wildman–Crippen LogP) is 1.38. The molecule has 1 heterocycles. The van der Waals surface area contributed by atoms with Crippen LogP contribution >= 0.6 is 0 Å². The molecular formula is C18H26N2O4. The highest BCUT2D eigenvalue weighted by molar-refractivity contribution is 5.83. The first kappa shape index (κ1) is 18.3. The van der Waals surface area contributed by atoms with E-state index in [9.17, 15) is 9.59 Å². The average Bonchev–Trinajstić information content (AvgIpc) is 3.10. The van der Waals surface area contributed by atoms with E-state index in [0.717, 1.165) is 30.8 Å². The third-order valence-corrected chi connectivity index (χ3v) is 4.16. The van der Waals surface area contributed by atoms with Crippen molar-refractivity contribution in [3.63, 3.8) is 0 Å². The van der Waals surface area contributed by atoms with Crippen molar-refractivity contribution in [2.75, 3.05) is 33.4 Å². The Kier molecular flexibility index (Phi) is 7.06. The number of hydrogen-bond acceptors (Lipinski definition) is 4. The Bertz CT molecular complexity index is 538. The van der Waals surface area contributed by atoms with Crippen LogP contribution < -0.4 is 10.1 Å². The molecule has 1 unspecified atom stereocenters. The molecule has 2 rings (SSSR count). The Hall–Kier alpha value is -2.08. The van der Waals surface area contributed by atoms with Gasteiger partial charge < -0.3 is 19.7 Å². The lowest BCUT2D eigenvalue weighted by Gasteiger charge is -2.21. The summed E-state index contributed by atoms with van der Waals surface area (Å²) in [7, 11) is 1.63. The number of carbonyl (C=O) groups is 2. The summed E-state index contributed by atoms with van der Waals surface area (Å²) in [6.45, 7) is 3.36. The van der Waals surface area contributed by atoms with Gasteiger partial charge in [-0.3, -0.25) is 9.59 Å². The molecule has 0 spiro atoms. The highest BCUT2D eigenvalue weighted by Crippen LogP contribution is 2.12. The molecule has 1 N–H and O–H groups in total. The van der Waals surface area contributed by atoms with Crippen molar-refractivity contribution in [2.24, 2.45) is 0 Å². The van der Waals surface area contributed by atoms with Crippen molar-refractivity contribution in [1.29, 1.82) is 0 Å². The van der Waals surface area contributed by atoms with E-state index in [1.54, 1.807) is 12.0 Å². The third-order valence-electron chi connectivity index (χ3n) is 4.16. The number of nitrogens with one attached hydrogen (secondary N) is 1. The number of hydrogen-bond donors (Lipinski definition) is 1. The van der Waals surface area contributed by atoms with Gasteiger partial charge in [-0.05, 0) is 37.0 Å². The Morgan fingerprint density at radius 1 is 1.33 bits per heavy atom. The minimum atomic E-state index is -0.143. The lowest BCUT2D eigenvalue weighted by atomic mass is 10.1. The maximum absolute atomic E-state index is 12.0. The Morgan fingerprint density at radius 3 is 2.67 bits per heavy atom. The molecular weight excluding hydrogens is 308 g/mol. The van der Waals surface area contributed by atoms with Crippen LogP contribution in [0.15, 0.2) is 24.3 Å². The fraction of sp³-hybridized carbons (Fsp3) is 0.556. The molecule has 1 aromatic carbocycles. The van der Waals surface area contributed by atoms with Crippen molar-refractivity contribution in [2.45, 2.75) is 32.3 Å². The fourth-order valence-electron chi connectivity index (χ4n) is 2.67. The summed E-state index contributed by atoms with van der Waals surface area (Å²) in [5, 5.41) is 2.85. The Morgan fingerprint density at radius 2 is 2.08 bits per heavy atom. The van der Waals surface area contributed by atoms with Crippen molar-refractivity contribution < 1.29 is 19.1 Å². The van der Waals surface area contributed by atoms with E-state index in [2.05, 4.69) is 5.32 Å². The molecule has 6 heteroatoms. The van der Waals surface area contributed by atoms with E-state index >= 15 is 0 Å². The van der Waals surface area contributed by atoms with Crippen LogP contribution in [0.3, 0.4) is 0 Å². The topological polar surface area (TPSA) is 67.9 Å². The maximum Gasteiger partial charge on any atom is 0.239 e. The second kappa shape index (κ2) is 9.27. The smallest absolute Gasteiger partial charge is 0.239 e. The molecule has 1 aliphatic heterocycles. The highest BCUT2D eigenvalue weighted by Gasteiger charge is 2.18. The fourth-order valence-corrected chi connectivity index (χ4v) is 2.67. The van der Waals surface area contributed by atoms with Gasteiger partial charge in [-0.25, -0.2) is 0 Å². The standard InChI is InChI=1S/C18H26N2O4/c1-14(21)20(10-9-15-5-7-16(23-2)8-6-15)13-18(22)19-12-17-4-3-11-24-17/h5-8,17H,3-4,9-13H2,1-2H3,(H,19,22). The van der Waals surface area contributed by atoms with Crippen LogP contribution in [0.4, 0.5) is 0 Å². The first-order valence-electron chi connectivity index (χ1n) is 8.35. The van der Waals surface area contributed by atoms with Crippen molar-refractivity contribution in [3.8, 4) is 5.75 Å². The summed E-state index contributed by atoms with van der Waals surface area (Å²) >= 11 is 0. The van der Waals surface area contributed by atoms with E-state index in [1.165, 1.54) is 6.92 Å². The first-order valence-corrected chi connectivity index (χ1v) is 8.35. The molecule has 0 bridgehead atoms. The summed E-state index contributed by atoms with van der Waals surface area (Å²) in [5.41, 5.74) is 1.10. The van der Waals surface area contributed by atoms with Crippen LogP contribution in [0.1, 0.15) is 25.3 Å². The van der Waals surface area contributed by atoms with Crippen LogP contribution in [0, 0.1) is 0 Å². The Balaban J connectivity index is 1.77. The van der Waals surface area contributed by atoms with E-state index in [1.807, 2.05) is 24.3 Å². The van der Waals surface area contributed by atoms with Crippen molar-refractivity contribution >= 4 is 11.8 Å². The van der Waals surface area contributed by atoms with Gasteiger partial charge in [-0.2, -0.15) is 0 Å². The average molecular weight is 334 g/mol. The molecule has 6 nitrogen and oxygen atoms in total. The number of amides is 2. The molecule has 0 aliphatic carbocycles. The van der Waals surface area contributed by atoms with E-state index in [-0.39, 0.29) is 24.5 Å². The molecule has 0 saturated carbocycles. The Labute approximate surface area is 143 Å². The van der Waals surface area contributed by atoms with Crippen LogP contribution in [0.2, 0.25) is 0 Å². The van der Waals surface area contributed by atoms with Gasteiger partial charge in [-0.15, -0.1) is 0 Å². The molecule has 1 saturated heterocycles. The van der Waals surface area contributed by atoms with E-state index in [4.69, 9.17) is 9.47 Å². The summed E-state index contributed by atoms with van der Waals surface area (Å²) in [5.74, 6) is 0.557. The van der Waals surface area contributed by atoms with Crippen molar-refractivity contribution in [3.05, 3.63) is 29.8 Å². The zero-order valence-corrected chi connectivity index (χ0v) is 14.4. The minimum Gasteiger partial charge on any atom is -0.497 e. The van der Waals surface area contributed by atoms with Crippen LogP contribution in [-0.4, -0.2) is 56.2 Å². The predicted molar refractivity (Wildman–Crippen MR) is 90.9 cm³/mol. The summed E-state index contributed by atoms with van der Waals surface area (Å²) in [4.78, 5) is 25.4. The highest BCUT2D eigenvalue weighted by atomic mass is 16.5. The number of methoxy groups -OCH3 is 1. The van der Waals surface area contributed by atoms with Crippen LogP contribution in [-0.2, 0) is 20.7 Å². The normalized spacial score (nSPS) is 16.7. The van der Waals surface area contributed by atoms with Gasteiger partial charge in [-0.1, -0.05) is 12.1 Å². The lowest BCUT2D eigenvalue weighted by molar-refractivity contribution is -0.134. The van der Waals surface area contributed by atoms with Gasteiger partial charge >= 0.3 is 0 Å². The number of nitrogens with zero attached hydrogens (tertiary/aromatic N) is 1. The van der Waals surface area contributed by atoms with Gasteiger partial charge in [0.1, 0.15) is 5.75 Å². The molecule has 1 atom stereocenters. The van der Waals surface area contributed by atoms with Gasteiger partial charge in [0.25, 0.3) is 0 Å². The second-order valence-corrected chi connectivity index (χ2v) is 5.98. The minimum absolute atomic E-state index is 0.0816. The maximum atomic E-state index is 12.0. The summed E-state index contributed by atoms with van der Waals surface area (Å²) in [6.07, 6.45) is 2.83. The SMILES string of the molecule is COc1ccc(CCN(CC(=O)NCC2CCCO2)C(C)=O)cc1. The van der Waals surface area contributed by atoms with E-state index in [0.29, 0.717) is 19.5 Å². The molecule has 0 radical (unpaired) electrons. The molecule has 24 heavy (non-hydrogen) atoms. The number of rotatable bonds is 8. The van der Waals surface area contributed by atoms with Crippen LogP contribution in [0.5, 0.6) is 5.75 Å². The third kappa shape index (κ3) is 5.85. The lowest BCUT2D eigenvalue weighted by Crippen LogP contribution is -2.42. The van der Waals surface area contributed by atoms with Crippen molar-refractivity contribution in [1.82, 2.24) is 10.2 Å². The van der Waals surface area contributed by atoms with Gasteiger partial charge in [0.2, 0.25) is 11.8 Å². The van der Waals surface area contributed by atoms with Crippen LogP contribution in [0.25, 0.3) is 0 Å². The molecule has 1 aliphatic rings. The van der Waals surface area contributed by atoms with Gasteiger partial charge in [0.05, 0.1) is 19.8 Å². The molecule has 0 aromatic heterocycles. The molecule has 1 fully saturated rings. The summed E-state index contributed by atoms with van der Waals surface area (Å²) in [6, 6.07) is 7.72. The van der Waals surface area contributed by atoms with E-state index < -0.39 is 0 Å². The zero-order valence-electron chi connectivity index (χ0n) is 14.4. The number of carbonyl (C=O) groups excluding carboxylic acids is 2. The number of ether oxygens (including phenoxy) is 2. The zero-order chi connectivity index (χ0) is 17.4. The first-order chi connectivity index (χ1) is 11.6. The molecule has 1 aromatic rings. The summed E-state index contributed by atoms with van der Waals surface area (Å²) < 4.78 is 10.6. The monoisotopic (exact) mass is 334 g/mol. The quantitative estimate of drug-likeness (QED) is 0.780. The second-order valence-electron chi connectivity index (χ2n) is 5.98. The molecule has 2 amide bonds. The largest absolute Gasteiger partial charge is 0.497 e. The van der Waals surface area contributed by atoms with Gasteiger partial charge in [0, 0.05) is 26.6 Å². The number of benzene rings is 1. The molecule has 132 valence electrons.